The lowest BCUT2D eigenvalue weighted by Gasteiger charge is -2.23. The summed E-state index contributed by atoms with van der Waals surface area (Å²) in [6.07, 6.45) is 3.11. The number of nitrogens with zero attached hydrogens (tertiary/aromatic N) is 4. The van der Waals surface area contributed by atoms with E-state index >= 15 is 0 Å². The first kappa shape index (κ1) is 24.4. The molecule has 1 unspecified atom stereocenters. The summed E-state index contributed by atoms with van der Waals surface area (Å²) in [5.41, 5.74) is 1.96. The molecule has 1 aliphatic heterocycles. The van der Waals surface area contributed by atoms with E-state index in [1.54, 1.807) is 42.7 Å². The number of hydrogen-bond acceptors (Lipinski definition) is 9. The Morgan fingerprint density at radius 1 is 1.08 bits per heavy atom. The second-order valence-corrected chi connectivity index (χ2v) is 10.9. The van der Waals surface area contributed by atoms with Gasteiger partial charge in [0.15, 0.2) is 15.9 Å². The summed E-state index contributed by atoms with van der Waals surface area (Å²) < 4.78 is 6.37. The number of halogens is 1. The highest BCUT2D eigenvalue weighted by atomic mass is 35.5. The van der Waals surface area contributed by atoms with Gasteiger partial charge in [-0.1, -0.05) is 71.1 Å². The predicted molar refractivity (Wildman–Crippen MR) is 146 cm³/mol. The number of para-hydroxylation sites is 1. The summed E-state index contributed by atoms with van der Waals surface area (Å²) in [6, 6.07) is 18.7. The summed E-state index contributed by atoms with van der Waals surface area (Å²) in [7, 11) is 0. The zero-order valence-electron chi connectivity index (χ0n) is 19.4. The Balaban J connectivity index is 1.35. The first-order valence-electron chi connectivity index (χ1n) is 11.4. The van der Waals surface area contributed by atoms with E-state index in [1.165, 1.54) is 28.0 Å². The Labute approximate surface area is 229 Å². The number of pyridine rings is 1. The van der Waals surface area contributed by atoms with Crippen LogP contribution in [0, 0.1) is 0 Å². The van der Waals surface area contributed by atoms with E-state index in [4.69, 9.17) is 16.0 Å². The fourth-order valence-corrected chi connectivity index (χ4v) is 6.39. The van der Waals surface area contributed by atoms with Crippen LogP contribution in [0.25, 0.3) is 11.0 Å². The van der Waals surface area contributed by atoms with Gasteiger partial charge in [-0.15, -0.1) is 10.2 Å². The minimum Gasteiger partial charge on any atom is -0.503 e. The van der Waals surface area contributed by atoms with Gasteiger partial charge in [-0.05, 0) is 41.5 Å². The van der Waals surface area contributed by atoms with Gasteiger partial charge in [-0.3, -0.25) is 19.5 Å². The van der Waals surface area contributed by atoms with Crippen LogP contribution in [0.3, 0.4) is 0 Å². The predicted octanol–water partition coefficient (Wildman–Crippen LogP) is 6.41. The molecule has 8 nitrogen and oxygen atoms in total. The Hall–Kier alpha value is -3.99. The molecule has 38 heavy (non-hydrogen) atoms. The number of aliphatic hydroxyl groups is 1. The van der Waals surface area contributed by atoms with E-state index in [-0.39, 0.29) is 16.5 Å². The Morgan fingerprint density at radius 3 is 2.63 bits per heavy atom. The number of benzene rings is 2. The van der Waals surface area contributed by atoms with Crippen LogP contribution in [0.5, 0.6) is 0 Å². The van der Waals surface area contributed by atoms with Gasteiger partial charge in [-0.25, -0.2) is 0 Å². The monoisotopic (exact) mass is 560 g/mol. The van der Waals surface area contributed by atoms with Crippen molar-refractivity contribution in [3.8, 4) is 0 Å². The van der Waals surface area contributed by atoms with Gasteiger partial charge < -0.3 is 9.52 Å². The first-order chi connectivity index (χ1) is 18.5. The van der Waals surface area contributed by atoms with Crippen LogP contribution in [-0.2, 0) is 10.5 Å². The number of rotatable bonds is 7. The maximum Gasteiger partial charge on any atom is 0.296 e. The molecule has 1 aliphatic rings. The number of aliphatic hydroxyl groups excluding tert-OH is 1. The Kier molecular flexibility index (Phi) is 6.44. The van der Waals surface area contributed by atoms with E-state index < -0.39 is 23.5 Å². The number of aromatic nitrogens is 3. The van der Waals surface area contributed by atoms with Crippen molar-refractivity contribution in [2.24, 2.45) is 0 Å². The molecule has 1 N–H and O–H groups in total. The number of thioether (sulfide) groups is 1. The zero-order valence-corrected chi connectivity index (χ0v) is 21.8. The van der Waals surface area contributed by atoms with Crippen LogP contribution >= 0.6 is 34.7 Å². The van der Waals surface area contributed by atoms with Gasteiger partial charge in [0, 0.05) is 28.6 Å². The molecule has 0 spiro atoms. The lowest BCUT2D eigenvalue weighted by atomic mass is 9.96. The summed E-state index contributed by atoms with van der Waals surface area (Å²) in [4.78, 5) is 32.4. The molecule has 0 saturated carbocycles. The van der Waals surface area contributed by atoms with Crippen molar-refractivity contribution in [2.45, 2.75) is 16.1 Å². The second kappa shape index (κ2) is 10.1. The fourth-order valence-electron chi connectivity index (χ4n) is 4.24. The van der Waals surface area contributed by atoms with Crippen molar-refractivity contribution in [3.05, 3.63) is 112 Å². The van der Waals surface area contributed by atoms with Crippen LogP contribution in [0.2, 0.25) is 5.02 Å². The van der Waals surface area contributed by atoms with Gasteiger partial charge in [0.25, 0.3) is 5.91 Å². The third-order valence-electron chi connectivity index (χ3n) is 6.03. The number of carbonyl (C=O) groups excluding carboxylic acids is 2. The third-order valence-corrected chi connectivity index (χ3v) is 8.51. The average Bonchev–Trinajstić information content (AvgIpc) is 3.65. The lowest BCUT2D eigenvalue weighted by molar-refractivity contribution is -0.117. The molecule has 1 amide bonds. The molecular weight excluding hydrogens is 544 g/mol. The van der Waals surface area contributed by atoms with Crippen LogP contribution in [-0.4, -0.2) is 32.0 Å². The van der Waals surface area contributed by atoms with E-state index in [1.807, 2.05) is 36.4 Å². The Bertz CT molecular complexity index is 1680. The zero-order chi connectivity index (χ0) is 26.2. The molecule has 0 aliphatic carbocycles. The van der Waals surface area contributed by atoms with Crippen molar-refractivity contribution in [1.29, 1.82) is 0 Å². The third kappa shape index (κ3) is 4.36. The highest BCUT2D eigenvalue weighted by molar-refractivity contribution is 8.00. The molecule has 0 bridgehead atoms. The smallest absolute Gasteiger partial charge is 0.296 e. The van der Waals surface area contributed by atoms with Crippen molar-refractivity contribution in [2.75, 3.05) is 4.90 Å². The number of carbonyl (C=O) groups is 2. The van der Waals surface area contributed by atoms with Crippen LogP contribution in [0.15, 0.2) is 99.2 Å². The van der Waals surface area contributed by atoms with Crippen molar-refractivity contribution < 1.29 is 19.1 Å². The molecule has 188 valence electrons. The Morgan fingerprint density at radius 2 is 1.84 bits per heavy atom. The van der Waals surface area contributed by atoms with Crippen molar-refractivity contribution in [1.82, 2.24) is 15.2 Å². The first-order valence-corrected chi connectivity index (χ1v) is 13.6. The molecule has 3 aromatic heterocycles. The normalized spacial score (nSPS) is 15.6. The molecular formula is C27H17ClN4O4S2. The molecule has 0 radical (unpaired) electrons. The van der Waals surface area contributed by atoms with Crippen LogP contribution in [0.1, 0.15) is 27.7 Å². The summed E-state index contributed by atoms with van der Waals surface area (Å²) in [6.45, 7) is 0. The van der Waals surface area contributed by atoms with Gasteiger partial charge >= 0.3 is 0 Å². The molecule has 4 heterocycles. The van der Waals surface area contributed by atoms with Crippen LogP contribution in [0.4, 0.5) is 5.13 Å². The SMILES string of the molecule is O=C(C1=C(O)C(=O)N(c2nnc(SCc3ccccc3Cl)s2)C1c1ccncc1)c1cc2ccccc2o1. The number of furan rings is 1. The largest absolute Gasteiger partial charge is 0.503 e. The minimum absolute atomic E-state index is 0.0229. The highest BCUT2D eigenvalue weighted by Gasteiger charge is 2.46. The second-order valence-electron chi connectivity index (χ2n) is 8.33. The van der Waals surface area contributed by atoms with Crippen LogP contribution < -0.4 is 4.90 Å². The maximum atomic E-state index is 13.7. The van der Waals surface area contributed by atoms with E-state index in [2.05, 4.69) is 15.2 Å². The molecule has 6 rings (SSSR count). The lowest BCUT2D eigenvalue weighted by Crippen LogP contribution is -2.31. The number of ketones is 1. The standard InChI is InChI=1S/C27H17ClN4O4S2/c28-18-7-3-1-6-17(18)14-37-27-31-30-26(38-27)32-22(15-9-11-29-12-10-15)21(24(34)25(32)35)23(33)20-13-16-5-2-4-8-19(16)36-20/h1-13,22,34H,14H2. The summed E-state index contributed by atoms with van der Waals surface area (Å²) in [5, 5.41) is 21.1. The van der Waals surface area contributed by atoms with Crippen molar-refractivity contribution >= 4 is 62.5 Å². The van der Waals surface area contributed by atoms with Gasteiger partial charge in [0.2, 0.25) is 10.9 Å². The average molecular weight is 561 g/mol. The molecule has 1 atom stereocenters. The minimum atomic E-state index is -0.944. The molecule has 0 saturated heterocycles. The molecule has 2 aromatic carbocycles. The maximum absolute atomic E-state index is 13.7. The van der Waals surface area contributed by atoms with E-state index in [0.29, 0.717) is 26.3 Å². The molecule has 0 fully saturated rings. The number of fused-ring (bicyclic) bond motifs is 1. The highest BCUT2D eigenvalue weighted by Crippen LogP contribution is 2.44. The number of amides is 1. The van der Waals surface area contributed by atoms with Crippen molar-refractivity contribution in [3.63, 3.8) is 0 Å². The quantitative estimate of drug-likeness (QED) is 0.138. The van der Waals surface area contributed by atoms with E-state index in [9.17, 15) is 14.7 Å². The van der Waals surface area contributed by atoms with Gasteiger partial charge in [-0.2, -0.15) is 0 Å². The topological polar surface area (TPSA) is 109 Å². The summed E-state index contributed by atoms with van der Waals surface area (Å²) in [5.74, 6) is -1.40. The van der Waals surface area contributed by atoms with Gasteiger partial charge in [0.1, 0.15) is 5.58 Å². The number of hydrogen-bond donors (Lipinski definition) is 1. The summed E-state index contributed by atoms with van der Waals surface area (Å²) >= 11 is 8.88. The van der Waals surface area contributed by atoms with E-state index in [0.717, 1.165) is 10.9 Å². The number of anilines is 1. The molecule has 11 heteroatoms. The fraction of sp³-hybridized carbons (Fsp3) is 0.0741. The molecule has 5 aromatic rings. The number of Topliss-reactive ketones (excluding diaryl/α,β-unsaturated/α-hetero) is 1. The van der Waals surface area contributed by atoms with Gasteiger partial charge in [0.05, 0.1) is 11.6 Å².